The molecule has 0 aliphatic carbocycles. The normalized spacial score (nSPS) is 14.9. The highest BCUT2D eigenvalue weighted by molar-refractivity contribution is 7.99. The van der Waals surface area contributed by atoms with Crippen LogP contribution in [0, 0.1) is 0 Å². The molecule has 0 radical (unpaired) electrons. The molecule has 0 amide bonds. The van der Waals surface area contributed by atoms with Crippen molar-refractivity contribution in [2.24, 2.45) is 5.73 Å². The summed E-state index contributed by atoms with van der Waals surface area (Å²) >= 11 is 2.74. The Hall–Kier alpha value is -3.10. The number of hydrogen-bond acceptors (Lipinski definition) is 11. The standard InChI is InChI=1S/C25H27N7O3S3/c26-11-15-38(33,34)32-13-9-18(10-14-32)23-29-25(37-31-23)30-24-21(35-19-6-2-1-3-7-19)16-20(17-28-24)36-22-8-4-5-12-27-22/h1-8,12,16-18H,9-11,13-15,26H2,(H,28,29,30,31). The number of para-hydroxylation sites is 1. The number of pyridine rings is 2. The second-order valence-electron chi connectivity index (χ2n) is 8.56. The Morgan fingerprint density at radius 2 is 1.89 bits per heavy atom. The average Bonchev–Trinajstić information content (AvgIpc) is 3.40. The topological polar surface area (TPSA) is 136 Å². The fourth-order valence-corrected chi connectivity index (χ4v) is 6.76. The van der Waals surface area contributed by atoms with E-state index in [0.717, 1.165) is 9.92 Å². The molecule has 198 valence electrons. The third-order valence-corrected chi connectivity index (χ3v) is 9.37. The van der Waals surface area contributed by atoms with Gasteiger partial charge in [-0.3, -0.25) is 0 Å². The maximum Gasteiger partial charge on any atom is 0.215 e. The third kappa shape index (κ3) is 6.66. The van der Waals surface area contributed by atoms with Gasteiger partial charge in [-0.05, 0) is 37.1 Å². The molecule has 1 fully saturated rings. The van der Waals surface area contributed by atoms with Crippen molar-refractivity contribution in [1.29, 1.82) is 0 Å². The monoisotopic (exact) mass is 569 g/mol. The number of rotatable bonds is 10. The molecule has 3 aromatic heterocycles. The van der Waals surface area contributed by atoms with Crippen LogP contribution in [0.25, 0.3) is 0 Å². The molecule has 0 unspecified atom stereocenters. The summed E-state index contributed by atoms with van der Waals surface area (Å²) in [5, 5.41) is 4.71. The maximum absolute atomic E-state index is 12.3. The van der Waals surface area contributed by atoms with Crippen molar-refractivity contribution in [3.8, 4) is 11.5 Å². The van der Waals surface area contributed by atoms with Crippen molar-refractivity contribution in [2.75, 3.05) is 30.7 Å². The first-order chi connectivity index (χ1) is 18.5. The molecule has 3 N–H and O–H groups in total. The van der Waals surface area contributed by atoms with Crippen molar-refractivity contribution in [2.45, 2.75) is 28.7 Å². The zero-order valence-corrected chi connectivity index (χ0v) is 22.9. The summed E-state index contributed by atoms with van der Waals surface area (Å²) in [5.41, 5.74) is 5.45. The van der Waals surface area contributed by atoms with E-state index in [2.05, 4.69) is 24.6 Å². The van der Waals surface area contributed by atoms with E-state index in [4.69, 9.17) is 10.5 Å². The first-order valence-corrected chi connectivity index (χ1v) is 15.3. The number of ether oxygens (including phenoxy) is 1. The van der Waals surface area contributed by atoms with E-state index in [1.807, 2.05) is 54.6 Å². The highest BCUT2D eigenvalue weighted by Crippen LogP contribution is 2.36. The fourth-order valence-electron chi connectivity index (χ4n) is 4.02. The molecule has 4 heterocycles. The van der Waals surface area contributed by atoms with Gasteiger partial charge in [-0.2, -0.15) is 4.37 Å². The van der Waals surface area contributed by atoms with Gasteiger partial charge in [-0.25, -0.2) is 27.7 Å². The SMILES string of the molecule is NCCS(=O)(=O)N1CCC(c2nsc(Nc3ncc(Sc4ccccn4)cc3Oc3ccccc3)n2)CC1. The van der Waals surface area contributed by atoms with Crippen LogP contribution in [0.15, 0.2) is 76.9 Å². The van der Waals surface area contributed by atoms with Crippen LogP contribution in [-0.2, 0) is 10.0 Å². The van der Waals surface area contributed by atoms with Gasteiger partial charge in [0.1, 0.15) is 16.6 Å². The molecular formula is C25H27N7O3S3. The van der Waals surface area contributed by atoms with Gasteiger partial charge in [0, 0.05) is 60.4 Å². The lowest BCUT2D eigenvalue weighted by Crippen LogP contribution is -2.40. The molecule has 13 heteroatoms. The highest BCUT2D eigenvalue weighted by Gasteiger charge is 2.30. The molecule has 1 aromatic carbocycles. The number of anilines is 2. The molecule has 1 aliphatic heterocycles. The van der Waals surface area contributed by atoms with Gasteiger partial charge in [0.15, 0.2) is 11.6 Å². The zero-order valence-electron chi connectivity index (χ0n) is 20.4. The van der Waals surface area contributed by atoms with E-state index in [-0.39, 0.29) is 18.2 Å². The number of nitrogens with zero attached hydrogens (tertiary/aromatic N) is 5. The molecule has 0 atom stereocenters. The molecule has 0 spiro atoms. The molecule has 10 nitrogen and oxygen atoms in total. The molecule has 38 heavy (non-hydrogen) atoms. The smallest absolute Gasteiger partial charge is 0.215 e. The number of benzene rings is 1. The number of nitrogens with one attached hydrogen (secondary N) is 1. The summed E-state index contributed by atoms with van der Waals surface area (Å²) in [5.74, 6) is 2.53. The fraction of sp³-hybridized carbons (Fsp3) is 0.280. The molecule has 5 rings (SSSR count). The van der Waals surface area contributed by atoms with E-state index in [0.29, 0.717) is 54.2 Å². The summed E-state index contributed by atoms with van der Waals surface area (Å²) in [6, 6.07) is 17.2. The lowest BCUT2D eigenvalue weighted by atomic mass is 9.98. The van der Waals surface area contributed by atoms with Gasteiger partial charge in [-0.1, -0.05) is 36.0 Å². The number of hydrogen-bond donors (Lipinski definition) is 2. The van der Waals surface area contributed by atoms with E-state index < -0.39 is 10.0 Å². The van der Waals surface area contributed by atoms with Crippen LogP contribution >= 0.6 is 23.3 Å². The molecule has 1 saturated heterocycles. The predicted molar refractivity (Wildman–Crippen MR) is 149 cm³/mol. The number of piperidine rings is 1. The van der Waals surface area contributed by atoms with Crippen molar-refractivity contribution in [1.82, 2.24) is 23.6 Å². The van der Waals surface area contributed by atoms with E-state index >= 15 is 0 Å². The van der Waals surface area contributed by atoms with Crippen LogP contribution in [-0.4, -0.2) is 57.4 Å². The second kappa shape index (κ2) is 12.2. The molecule has 0 bridgehead atoms. The van der Waals surface area contributed by atoms with Crippen molar-refractivity contribution in [3.05, 3.63) is 72.8 Å². The minimum atomic E-state index is -3.30. The van der Waals surface area contributed by atoms with Crippen LogP contribution in [0.3, 0.4) is 0 Å². The Morgan fingerprint density at radius 1 is 1.11 bits per heavy atom. The summed E-state index contributed by atoms with van der Waals surface area (Å²) in [6.07, 6.45) is 4.85. The van der Waals surface area contributed by atoms with Crippen LogP contribution < -0.4 is 15.8 Å². The van der Waals surface area contributed by atoms with Crippen LogP contribution in [0.2, 0.25) is 0 Å². The van der Waals surface area contributed by atoms with Crippen LogP contribution in [0.4, 0.5) is 10.9 Å². The second-order valence-corrected chi connectivity index (χ2v) is 12.5. The first-order valence-electron chi connectivity index (χ1n) is 12.1. The molecule has 0 saturated carbocycles. The van der Waals surface area contributed by atoms with E-state index in [1.165, 1.54) is 27.6 Å². The van der Waals surface area contributed by atoms with Crippen molar-refractivity contribution < 1.29 is 13.2 Å². The first kappa shape index (κ1) is 26.5. The summed E-state index contributed by atoms with van der Waals surface area (Å²) in [4.78, 5) is 14.6. The summed E-state index contributed by atoms with van der Waals surface area (Å²) < 4.78 is 36.9. The van der Waals surface area contributed by atoms with Gasteiger partial charge < -0.3 is 15.8 Å². The number of aromatic nitrogens is 4. The molecular weight excluding hydrogens is 543 g/mol. The van der Waals surface area contributed by atoms with Gasteiger partial charge >= 0.3 is 0 Å². The van der Waals surface area contributed by atoms with Crippen LogP contribution in [0.5, 0.6) is 11.5 Å². The maximum atomic E-state index is 12.3. The highest BCUT2D eigenvalue weighted by atomic mass is 32.2. The zero-order chi connectivity index (χ0) is 26.4. The Bertz CT molecular complexity index is 1450. The minimum absolute atomic E-state index is 0.0276. The quantitative estimate of drug-likeness (QED) is 0.281. The Kier molecular flexibility index (Phi) is 8.49. The largest absolute Gasteiger partial charge is 0.453 e. The van der Waals surface area contributed by atoms with Gasteiger partial charge in [0.25, 0.3) is 0 Å². The van der Waals surface area contributed by atoms with Crippen LogP contribution in [0.1, 0.15) is 24.6 Å². The Balaban J connectivity index is 1.31. The third-order valence-electron chi connectivity index (χ3n) is 5.91. The minimum Gasteiger partial charge on any atom is -0.453 e. The Morgan fingerprint density at radius 3 is 2.63 bits per heavy atom. The number of nitrogens with two attached hydrogens (primary N) is 1. The lowest BCUT2D eigenvalue weighted by molar-refractivity contribution is 0.315. The lowest BCUT2D eigenvalue weighted by Gasteiger charge is -2.29. The van der Waals surface area contributed by atoms with E-state index in [9.17, 15) is 8.42 Å². The number of sulfonamides is 1. The Labute approximate surface area is 229 Å². The van der Waals surface area contributed by atoms with Gasteiger partial charge in [0.05, 0.1) is 5.75 Å². The summed E-state index contributed by atoms with van der Waals surface area (Å²) in [7, 11) is -3.30. The molecule has 1 aliphatic rings. The average molecular weight is 570 g/mol. The predicted octanol–water partition coefficient (Wildman–Crippen LogP) is 4.48. The van der Waals surface area contributed by atoms with Gasteiger partial charge in [0.2, 0.25) is 15.2 Å². The van der Waals surface area contributed by atoms with Crippen molar-refractivity contribution in [3.63, 3.8) is 0 Å². The van der Waals surface area contributed by atoms with Gasteiger partial charge in [-0.15, -0.1) is 0 Å². The van der Waals surface area contributed by atoms with Crippen molar-refractivity contribution >= 4 is 44.3 Å². The summed E-state index contributed by atoms with van der Waals surface area (Å²) in [6.45, 7) is 1.01. The molecule has 4 aromatic rings. The van der Waals surface area contributed by atoms with E-state index in [1.54, 1.807) is 12.4 Å².